The molecule has 1 aliphatic rings. The molecule has 0 aliphatic carbocycles. The van der Waals surface area contributed by atoms with E-state index in [0.29, 0.717) is 49.1 Å². The average Bonchev–Trinajstić information content (AvgIpc) is 2.88. The van der Waals surface area contributed by atoms with Gasteiger partial charge in [0.15, 0.2) is 0 Å². The number of nitrogens with zero attached hydrogens (tertiary/aromatic N) is 2. The summed E-state index contributed by atoms with van der Waals surface area (Å²) in [5.41, 5.74) is 1.03. The van der Waals surface area contributed by atoms with Crippen LogP contribution in [0.4, 0.5) is 13.2 Å². The Morgan fingerprint density at radius 2 is 1.76 bits per heavy atom. The third-order valence-corrected chi connectivity index (χ3v) is 6.16. The molecule has 7 nitrogen and oxygen atoms in total. The second-order valence-corrected chi connectivity index (χ2v) is 8.91. The number of hydrogen-bond acceptors (Lipinski definition) is 6. The van der Waals surface area contributed by atoms with Gasteiger partial charge in [-0.05, 0) is 29.8 Å². The van der Waals surface area contributed by atoms with Crippen LogP contribution < -0.4 is 14.9 Å². The Morgan fingerprint density at radius 1 is 1.05 bits per heavy atom. The largest absolute Gasteiger partial charge is 0.573 e. The predicted octanol–water partition coefficient (Wildman–Crippen LogP) is 5.13. The smallest absolute Gasteiger partial charge is 0.482 e. The van der Waals surface area contributed by atoms with Crippen molar-refractivity contribution in [1.82, 2.24) is 9.80 Å². The summed E-state index contributed by atoms with van der Waals surface area (Å²) in [4.78, 5) is 28.7. The van der Waals surface area contributed by atoms with Crippen LogP contribution in [0.25, 0.3) is 6.08 Å². The molecule has 4 rings (SSSR count). The molecule has 0 unspecified atom stereocenters. The lowest BCUT2D eigenvalue weighted by Gasteiger charge is -2.33. The molecular formula is C27H24ClF3N2O5. The van der Waals surface area contributed by atoms with Crippen molar-refractivity contribution >= 4 is 23.6 Å². The number of ether oxygens (including phenoxy) is 2. The second kappa shape index (κ2) is 12.2. The molecule has 2 aromatic carbocycles. The van der Waals surface area contributed by atoms with Crippen LogP contribution in [0.2, 0.25) is 5.02 Å². The number of hydrogen-bond donors (Lipinski definition) is 0. The molecule has 1 fully saturated rings. The maximum absolute atomic E-state index is 12.5. The van der Waals surface area contributed by atoms with Crippen LogP contribution in [0.15, 0.2) is 76.1 Å². The number of amides is 1. The van der Waals surface area contributed by atoms with Gasteiger partial charge in [0.1, 0.15) is 24.4 Å². The maximum atomic E-state index is 12.5. The molecule has 3 aromatic rings. The van der Waals surface area contributed by atoms with Gasteiger partial charge in [0.2, 0.25) is 17.1 Å². The highest BCUT2D eigenvalue weighted by Gasteiger charge is 2.31. The highest BCUT2D eigenvalue weighted by molar-refractivity contribution is 6.31. The molecule has 0 N–H and O–H groups in total. The average molecular weight is 549 g/mol. The van der Waals surface area contributed by atoms with Gasteiger partial charge in [-0.3, -0.25) is 14.5 Å². The summed E-state index contributed by atoms with van der Waals surface area (Å²) in [7, 11) is 0. The lowest BCUT2D eigenvalue weighted by molar-refractivity contribution is -0.274. The van der Waals surface area contributed by atoms with Gasteiger partial charge in [0.05, 0.1) is 6.54 Å². The summed E-state index contributed by atoms with van der Waals surface area (Å²) in [6.45, 7) is 2.67. The Labute approximate surface area is 221 Å². The molecule has 0 spiro atoms. The molecule has 1 saturated heterocycles. The molecule has 1 aromatic heterocycles. The van der Waals surface area contributed by atoms with E-state index in [1.807, 2.05) is 18.2 Å². The number of piperazine rings is 1. The highest BCUT2D eigenvalue weighted by atomic mass is 35.5. The number of carbonyl (C=O) groups is 1. The zero-order valence-electron chi connectivity index (χ0n) is 20.1. The number of rotatable bonds is 8. The van der Waals surface area contributed by atoms with Gasteiger partial charge >= 0.3 is 6.36 Å². The second-order valence-electron chi connectivity index (χ2n) is 8.51. The summed E-state index contributed by atoms with van der Waals surface area (Å²) in [5, 5.41) is 0.551. The Kier molecular flexibility index (Phi) is 8.75. The number of benzene rings is 2. The van der Waals surface area contributed by atoms with Crippen molar-refractivity contribution in [3.8, 4) is 11.5 Å². The van der Waals surface area contributed by atoms with Crippen molar-refractivity contribution in [2.45, 2.75) is 19.5 Å². The minimum Gasteiger partial charge on any atom is -0.482 e. The van der Waals surface area contributed by atoms with Gasteiger partial charge in [0.25, 0.3) is 0 Å². The third-order valence-electron chi connectivity index (χ3n) is 5.79. The molecule has 200 valence electrons. The van der Waals surface area contributed by atoms with Crippen LogP contribution in [0.1, 0.15) is 16.9 Å². The van der Waals surface area contributed by atoms with Gasteiger partial charge in [0, 0.05) is 48.9 Å². The quantitative estimate of drug-likeness (QED) is 0.364. The first-order chi connectivity index (χ1) is 18.2. The number of halogens is 4. The minimum atomic E-state index is -4.75. The minimum absolute atomic E-state index is 0.0957. The predicted molar refractivity (Wildman–Crippen MR) is 135 cm³/mol. The van der Waals surface area contributed by atoms with Crippen molar-refractivity contribution in [3.63, 3.8) is 0 Å². The molecule has 11 heteroatoms. The van der Waals surface area contributed by atoms with E-state index in [4.69, 9.17) is 20.8 Å². The number of carbonyl (C=O) groups excluding carboxylic acids is 1. The molecule has 1 aliphatic heterocycles. The van der Waals surface area contributed by atoms with E-state index in [1.165, 1.54) is 48.7 Å². The molecule has 1 amide bonds. The van der Waals surface area contributed by atoms with Crippen molar-refractivity contribution in [2.24, 2.45) is 0 Å². The van der Waals surface area contributed by atoms with Crippen LogP contribution in [-0.4, -0.2) is 48.2 Å². The van der Waals surface area contributed by atoms with Crippen LogP contribution in [0.3, 0.4) is 0 Å². The van der Waals surface area contributed by atoms with E-state index in [-0.39, 0.29) is 29.4 Å². The zero-order valence-corrected chi connectivity index (χ0v) is 20.9. The first-order valence-corrected chi connectivity index (χ1v) is 12.1. The van der Waals surface area contributed by atoms with Gasteiger partial charge < -0.3 is 18.8 Å². The van der Waals surface area contributed by atoms with Crippen molar-refractivity contribution in [2.75, 3.05) is 26.2 Å². The third kappa shape index (κ3) is 7.87. The standard InChI is InChI=1S/C27H24ClF3N2O5/c28-23-4-2-1-3-20(23)17-37-25-18-36-22(15-24(25)34)16-32-11-13-33(14-12-32)26(35)10-7-19-5-8-21(9-6-19)38-27(29,30)31/h1-10,15,18H,11-14,16-17H2/b10-7+. The van der Waals surface area contributed by atoms with E-state index < -0.39 is 6.36 Å². The molecular weight excluding hydrogens is 525 g/mol. The first-order valence-electron chi connectivity index (χ1n) is 11.7. The monoisotopic (exact) mass is 548 g/mol. The normalized spacial score (nSPS) is 14.6. The fourth-order valence-electron chi connectivity index (χ4n) is 3.80. The molecule has 2 heterocycles. The van der Waals surface area contributed by atoms with Crippen LogP contribution in [0, 0.1) is 0 Å². The fourth-order valence-corrected chi connectivity index (χ4v) is 3.99. The molecule has 0 saturated carbocycles. The van der Waals surface area contributed by atoms with Gasteiger partial charge in [-0.2, -0.15) is 0 Å². The van der Waals surface area contributed by atoms with Crippen LogP contribution in [0.5, 0.6) is 11.5 Å². The van der Waals surface area contributed by atoms with Gasteiger partial charge in [-0.15, -0.1) is 13.2 Å². The van der Waals surface area contributed by atoms with E-state index in [0.717, 1.165) is 5.56 Å². The van der Waals surface area contributed by atoms with E-state index in [9.17, 15) is 22.8 Å². The zero-order chi connectivity index (χ0) is 27.1. The lowest BCUT2D eigenvalue weighted by Crippen LogP contribution is -2.47. The van der Waals surface area contributed by atoms with E-state index in [1.54, 1.807) is 11.0 Å². The van der Waals surface area contributed by atoms with Crippen molar-refractivity contribution < 1.29 is 31.9 Å². The Hall–Kier alpha value is -3.76. The summed E-state index contributed by atoms with van der Waals surface area (Å²) in [5.74, 6) is 0.0510. The summed E-state index contributed by atoms with van der Waals surface area (Å²) in [6, 6.07) is 13.8. The van der Waals surface area contributed by atoms with E-state index >= 15 is 0 Å². The highest BCUT2D eigenvalue weighted by Crippen LogP contribution is 2.23. The molecule has 38 heavy (non-hydrogen) atoms. The Morgan fingerprint density at radius 3 is 2.42 bits per heavy atom. The molecule has 0 radical (unpaired) electrons. The number of alkyl halides is 3. The Balaban J connectivity index is 1.24. The Bertz CT molecular complexity index is 1330. The van der Waals surface area contributed by atoms with Crippen molar-refractivity contribution in [1.29, 1.82) is 0 Å². The summed E-state index contributed by atoms with van der Waals surface area (Å²) >= 11 is 6.11. The fraction of sp³-hybridized carbons (Fsp3) is 0.259. The summed E-state index contributed by atoms with van der Waals surface area (Å²) < 4.78 is 51.8. The topological polar surface area (TPSA) is 72.2 Å². The molecule has 0 atom stereocenters. The molecule has 0 bridgehead atoms. The summed E-state index contributed by atoms with van der Waals surface area (Å²) in [6.07, 6.45) is -0.539. The van der Waals surface area contributed by atoms with Crippen LogP contribution in [-0.2, 0) is 17.9 Å². The van der Waals surface area contributed by atoms with E-state index in [2.05, 4.69) is 9.64 Å². The SMILES string of the molecule is O=C(/C=C/c1ccc(OC(F)(F)F)cc1)N1CCN(Cc2cc(=O)c(OCc3ccccc3Cl)co2)CC1. The van der Waals surface area contributed by atoms with Crippen LogP contribution >= 0.6 is 11.6 Å². The lowest BCUT2D eigenvalue weighted by atomic mass is 10.2. The van der Waals surface area contributed by atoms with Gasteiger partial charge in [-0.1, -0.05) is 41.9 Å². The first kappa shape index (κ1) is 27.3. The van der Waals surface area contributed by atoms with Crippen molar-refractivity contribution in [3.05, 3.63) is 99.1 Å². The maximum Gasteiger partial charge on any atom is 0.573 e. The van der Waals surface area contributed by atoms with Gasteiger partial charge in [-0.25, -0.2) is 0 Å².